The second-order valence-corrected chi connectivity index (χ2v) is 14.7. The van der Waals surface area contributed by atoms with Crippen LogP contribution < -0.4 is 0 Å². The van der Waals surface area contributed by atoms with Gasteiger partial charge in [-0.15, -0.1) is 0 Å². The molecule has 1 heteroatoms. The number of hydrogen-bond donors (Lipinski definition) is 0. The van der Waals surface area contributed by atoms with Gasteiger partial charge in [-0.05, 0) is 0 Å². The van der Waals surface area contributed by atoms with Gasteiger partial charge in [-0.1, -0.05) is 0 Å². The number of allylic oxidation sites excluding steroid dienone is 8. The van der Waals surface area contributed by atoms with E-state index in [-0.39, 0.29) is 0 Å². The molecule has 0 atom stereocenters. The Morgan fingerprint density at radius 1 is 0.833 bits per heavy atom. The van der Waals surface area contributed by atoms with E-state index in [2.05, 4.69) is 59.8 Å². The molecule has 0 spiro atoms. The standard InChI is InChI=1S/C11H16Ge/c1-12(2,3)11-9-7-5-4-6-8-10-11/h4-10H,1-3H3/b5-4-,6-4?,7-5?,8-6-,9-7-,10-8?,11-9?,11-10+. The summed E-state index contributed by atoms with van der Waals surface area (Å²) < 4.78 is 1.55. The molecular formula is C11H16Ge. The predicted molar refractivity (Wildman–Crippen MR) is 58.8 cm³/mol. The Morgan fingerprint density at radius 3 is 2.08 bits per heavy atom. The van der Waals surface area contributed by atoms with Crippen LogP contribution in [0.5, 0.6) is 0 Å². The van der Waals surface area contributed by atoms with Crippen LogP contribution in [0.3, 0.4) is 0 Å². The molecule has 0 radical (unpaired) electrons. The van der Waals surface area contributed by atoms with E-state index in [1.807, 2.05) is 0 Å². The third-order valence-corrected chi connectivity index (χ3v) is 6.20. The SMILES string of the molecule is [CH3][Ge]([CH3])([CH3])[C]1=C/C=C\C=C/C=C\1. The quantitative estimate of drug-likeness (QED) is 0.594. The van der Waals surface area contributed by atoms with Crippen molar-refractivity contribution in [2.75, 3.05) is 0 Å². The van der Waals surface area contributed by atoms with Crippen LogP contribution in [0.1, 0.15) is 0 Å². The van der Waals surface area contributed by atoms with Crippen LogP contribution in [0.25, 0.3) is 0 Å². The van der Waals surface area contributed by atoms with Crippen LogP contribution in [-0.4, -0.2) is 13.3 Å². The fraction of sp³-hybridized carbons (Fsp3) is 0.273. The van der Waals surface area contributed by atoms with E-state index in [9.17, 15) is 0 Å². The Hall–Kier alpha value is -0.497. The Balaban J connectivity index is 2.90. The van der Waals surface area contributed by atoms with Gasteiger partial charge in [0.05, 0.1) is 0 Å². The molecule has 0 amide bonds. The van der Waals surface area contributed by atoms with Gasteiger partial charge in [0, 0.05) is 0 Å². The van der Waals surface area contributed by atoms with Crippen LogP contribution in [0, 0.1) is 0 Å². The summed E-state index contributed by atoms with van der Waals surface area (Å²) in [5.41, 5.74) is 0. The van der Waals surface area contributed by atoms with Crippen molar-refractivity contribution in [3.05, 3.63) is 46.9 Å². The number of hydrogen-bond acceptors (Lipinski definition) is 0. The van der Waals surface area contributed by atoms with E-state index in [0.29, 0.717) is 0 Å². The Bertz CT molecular complexity index is 259. The van der Waals surface area contributed by atoms with Crippen LogP contribution >= 0.6 is 0 Å². The fourth-order valence-electron chi connectivity index (χ4n) is 1.07. The molecule has 0 aromatic carbocycles. The van der Waals surface area contributed by atoms with Gasteiger partial charge >= 0.3 is 77.5 Å². The minimum atomic E-state index is -1.60. The zero-order chi connectivity index (χ0) is 9.03. The zero-order valence-corrected chi connectivity index (χ0v) is 10.1. The summed E-state index contributed by atoms with van der Waals surface area (Å²) in [5.74, 6) is 7.24. The van der Waals surface area contributed by atoms with Crippen molar-refractivity contribution in [2.24, 2.45) is 0 Å². The average molecular weight is 221 g/mol. The second-order valence-electron chi connectivity index (χ2n) is 4.00. The van der Waals surface area contributed by atoms with Gasteiger partial charge in [0.15, 0.2) is 0 Å². The molecule has 0 N–H and O–H groups in total. The predicted octanol–water partition coefficient (Wildman–Crippen LogP) is 3.47. The van der Waals surface area contributed by atoms with Crippen molar-refractivity contribution in [3.8, 4) is 0 Å². The Labute approximate surface area is 77.7 Å². The molecule has 1 rings (SSSR count). The van der Waals surface area contributed by atoms with Crippen LogP contribution in [0.15, 0.2) is 46.9 Å². The van der Waals surface area contributed by atoms with Crippen LogP contribution in [0.4, 0.5) is 0 Å². The van der Waals surface area contributed by atoms with E-state index >= 15 is 0 Å². The molecular weight excluding hydrogens is 205 g/mol. The van der Waals surface area contributed by atoms with Crippen molar-refractivity contribution in [1.82, 2.24) is 0 Å². The first kappa shape index (κ1) is 9.59. The molecule has 0 saturated heterocycles. The summed E-state index contributed by atoms with van der Waals surface area (Å²) in [6.45, 7) is 0. The normalized spacial score (nSPS) is 29.4. The maximum absolute atomic E-state index is 2.41. The monoisotopic (exact) mass is 222 g/mol. The van der Waals surface area contributed by atoms with Crippen LogP contribution in [-0.2, 0) is 0 Å². The van der Waals surface area contributed by atoms with E-state index in [0.717, 1.165) is 0 Å². The first-order chi connectivity index (χ1) is 5.61. The summed E-state index contributed by atoms with van der Waals surface area (Å²) in [6, 6.07) is 0. The summed E-state index contributed by atoms with van der Waals surface area (Å²) in [4.78, 5) is 0. The first-order valence-electron chi connectivity index (χ1n) is 4.33. The van der Waals surface area contributed by atoms with Crippen LogP contribution in [0.2, 0.25) is 17.3 Å². The van der Waals surface area contributed by atoms with Crippen molar-refractivity contribution in [3.63, 3.8) is 0 Å². The van der Waals surface area contributed by atoms with Gasteiger partial charge in [-0.3, -0.25) is 0 Å². The molecule has 1 aliphatic carbocycles. The van der Waals surface area contributed by atoms with E-state index < -0.39 is 13.3 Å². The molecule has 0 aromatic rings. The Morgan fingerprint density at radius 2 is 1.42 bits per heavy atom. The zero-order valence-electron chi connectivity index (χ0n) is 8.04. The average Bonchev–Trinajstić information content (AvgIpc) is 1.81. The molecule has 12 heavy (non-hydrogen) atoms. The van der Waals surface area contributed by atoms with E-state index in [1.54, 1.807) is 4.41 Å². The van der Waals surface area contributed by atoms with Gasteiger partial charge in [0.1, 0.15) is 0 Å². The number of rotatable bonds is 1. The second kappa shape index (κ2) is 3.95. The van der Waals surface area contributed by atoms with Gasteiger partial charge in [0.2, 0.25) is 0 Å². The maximum atomic E-state index is 2.41. The summed E-state index contributed by atoms with van der Waals surface area (Å²) in [6.07, 6.45) is 15.0. The molecule has 0 nitrogen and oxygen atoms in total. The first-order valence-corrected chi connectivity index (χ1v) is 11.7. The van der Waals surface area contributed by atoms with E-state index in [1.165, 1.54) is 0 Å². The molecule has 0 fully saturated rings. The van der Waals surface area contributed by atoms with E-state index in [4.69, 9.17) is 0 Å². The van der Waals surface area contributed by atoms with Crippen molar-refractivity contribution < 1.29 is 0 Å². The molecule has 0 saturated carbocycles. The van der Waals surface area contributed by atoms with Gasteiger partial charge < -0.3 is 0 Å². The molecule has 0 unspecified atom stereocenters. The molecule has 64 valence electrons. The molecule has 1 aliphatic rings. The van der Waals surface area contributed by atoms with Gasteiger partial charge in [0.25, 0.3) is 0 Å². The summed E-state index contributed by atoms with van der Waals surface area (Å²) >= 11 is -1.60. The summed E-state index contributed by atoms with van der Waals surface area (Å²) in [5, 5.41) is 0. The topological polar surface area (TPSA) is 0 Å². The third kappa shape index (κ3) is 2.86. The Kier molecular flexibility index (Phi) is 3.15. The minimum absolute atomic E-state index is 1.55. The van der Waals surface area contributed by atoms with Crippen molar-refractivity contribution in [1.29, 1.82) is 0 Å². The molecule has 0 bridgehead atoms. The van der Waals surface area contributed by atoms with Gasteiger partial charge in [-0.25, -0.2) is 0 Å². The van der Waals surface area contributed by atoms with Crippen molar-refractivity contribution in [2.45, 2.75) is 17.3 Å². The molecule has 0 aliphatic heterocycles. The third-order valence-electron chi connectivity index (χ3n) is 1.86. The fourth-order valence-corrected chi connectivity index (χ4v) is 3.57. The molecule has 0 heterocycles. The van der Waals surface area contributed by atoms with Crippen molar-refractivity contribution >= 4 is 13.3 Å². The molecule has 0 aromatic heterocycles. The summed E-state index contributed by atoms with van der Waals surface area (Å²) in [7, 11) is 0. The van der Waals surface area contributed by atoms with Gasteiger partial charge in [-0.2, -0.15) is 0 Å².